The number of aliphatic hydroxyl groups excluding tert-OH is 2. The second-order valence-electron chi connectivity index (χ2n) is 10.4. The number of nitrogens with zero attached hydrogens (tertiary/aromatic N) is 1. The normalized spacial score (nSPS) is 25.2. The Balaban J connectivity index is 1.82. The largest absolute Gasteiger partial charge is 0.508 e. The van der Waals surface area contributed by atoms with Crippen molar-refractivity contribution in [3.8, 4) is 5.75 Å². The van der Waals surface area contributed by atoms with E-state index in [0.29, 0.717) is 17.5 Å². The molecular formula is C27H32N2O8. The van der Waals surface area contributed by atoms with Gasteiger partial charge in [0.05, 0.1) is 12.1 Å². The van der Waals surface area contributed by atoms with Crippen LogP contribution in [0.2, 0.25) is 0 Å². The van der Waals surface area contributed by atoms with Gasteiger partial charge in [-0.15, -0.1) is 0 Å². The van der Waals surface area contributed by atoms with Crippen molar-refractivity contribution in [2.24, 2.45) is 17.6 Å². The van der Waals surface area contributed by atoms with Crippen LogP contribution in [0.5, 0.6) is 5.75 Å². The Hall–Kier alpha value is -3.50. The zero-order chi connectivity index (χ0) is 27.4. The third kappa shape index (κ3) is 4.14. The first kappa shape index (κ1) is 26.6. The molecule has 0 aliphatic heterocycles. The van der Waals surface area contributed by atoms with E-state index in [0.717, 1.165) is 5.56 Å². The zero-order valence-electron chi connectivity index (χ0n) is 21.1. The van der Waals surface area contributed by atoms with E-state index in [-0.39, 0.29) is 61.3 Å². The number of amides is 1. The number of aliphatic hydroxyl groups is 3. The van der Waals surface area contributed by atoms with Crippen molar-refractivity contribution in [1.82, 2.24) is 4.90 Å². The highest BCUT2D eigenvalue weighted by Gasteiger charge is 2.60. The molecule has 0 radical (unpaired) electrons. The minimum absolute atomic E-state index is 0.0158. The Kier molecular flexibility index (Phi) is 6.76. The number of nitrogens with two attached hydrogens (primary N) is 1. The summed E-state index contributed by atoms with van der Waals surface area (Å²) in [6.45, 7) is 2.17. The molecule has 37 heavy (non-hydrogen) atoms. The van der Waals surface area contributed by atoms with Gasteiger partial charge in [0.1, 0.15) is 28.6 Å². The molecule has 10 nitrogen and oxygen atoms in total. The zero-order valence-corrected chi connectivity index (χ0v) is 21.1. The molecule has 0 saturated heterocycles. The number of aromatic hydroxyl groups is 1. The topological polar surface area (TPSA) is 178 Å². The standard InChI is InChI=1S/C27H32N2O8/c1-4-12-7-13(5-6-16(30)11-29(2)3)22(32)20-17(12)9-14-8-15-10-18(31)21(26(28)36)25(35)27(15,37)24(34)19(14)23(20)33/h7,14-15,32-33,35,37H,4-6,8-11H2,1-3H3,(H2,28,36)/t14-,15+,27+/m1/s1. The summed E-state index contributed by atoms with van der Waals surface area (Å²) in [7, 11) is 3.57. The van der Waals surface area contributed by atoms with Gasteiger partial charge in [0, 0.05) is 24.3 Å². The van der Waals surface area contributed by atoms with Gasteiger partial charge in [-0.25, -0.2) is 0 Å². The van der Waals surface area contributed by atoms with Crippen molar-refractivity contribution < 1.29 is 39.6 Å². The highest BCUT2D eigenvalue weighted by Crippen LogP contribution is 2.52. The van der Waals surface area contributed by atoms with Crippen LogP contribution in [0.3, 0.4) is 0 Å². The summed E-state index contributed by atoms with van der Waals surface area (Å²) >= 11 is 0. The van der Waals surface area contributed by atoms with Gasteiger partial charge in [-0.1, -0.05) is 13.0 Å². The van der Waals surface area contributed by atoms with Crippen LogP contribution in [0.1, 0.15) is 48.4 Å². The van der Waals surface area contributed by atoms with Crippen LogP contribution in [0.15, 0.2) is 23.0 Å². The van der Waals surface area contributed by atoms with Gasteiger partial charge in [-0.2, -0.15) is 0 Å². The number of likely N-dealkylation sites (N-methyl/N-ethyl adjacent to an activating group) is 1. The van der Waals surface area contributed by atoms with Crippen molar-refractivity contribution in [3.63, 3.8) is 0 Å². The maximum absolute atomic E-state index is 13.6. The number of hydrogen-bond donors (Lipinski definition) is 5. The van der Waals surface area contributed by atoms with Crippen molar-refractivity contribution in [3.05, 3.63) is 45.2 Å². The number of ketones is 3. The van der Waals surface area contributed by atoms with Crippen LogP contribution < -0.4 is 5.73 Å². The lowest BCUT2D eigenvalue weighted by atomic mass is 9.59. The van der Waals surface area contributed by atoms with Crippen molar-refractivity contribution in [2.45, 2.75) is 51.0 Å². The predicted octanol–water partition coefficient (Wildman–Crippen LogP) is 1.05. The van der Waals surface area contributed by atoms with E-state index in [1.54, 1.807) is 19.0 Å². The number of benzene rings is 1. The van der Waals surface area contributed by atoms with E-state index >= 15 is 0 Å². The first-order chi connectivity index (χ1) is 17.3. The number of carbonyl (C=O) groups excluding carboxylic acids is 4. The third-order valence-corrected chi connectivity index (χ3v) is 7.78. The molecule has 10 heteroatoms. The average Bonchev–Trinajstić information content (AvgIpc) is 2.80. The number of primary amides is 1. The van der Waals surface area contributed by atoms with Crippen molar-refractivity contribution in [2.75, 3.05) is 20.6 Å². The molecule has 1 amide bonds. The second kappa shape index (κ2) is 9.42. The number of carbonyl (C=O) groups is 4. The molecule has 0 aromatic heterocycles. The van der Waals surface area contributed by atoms with E-state index in [4.69, 9.17) is 5.73 Å². The smallest absolute Gasteiger partial charge is 0.255 e. The molecule has 4 rings (SSSR count). The van der Waals surface area contributed by atoms with Gasteiger partial charge < -0.3 is 31.1 Å². The molecule has 0 unspecified atom stereocenters. The molecule has 0 spiro atoms. The van der Waals surface area contributed by atoms with Crippen molar-refractivity contribution in [1.29, 1.82) is 0 Å². The fourth-order valence-electron chi connectivity index (χ4n) is 6.04. The molecule has 6 N–H and O–H groups in total. The number of hydrogen-bond acceptors (Lipinski definition) is 9. The SMILES string of the molecule is CCc1cc(CCC(=O)CN(C)C)c(O)c2c1C[C@H]1C[C@H]3CC(=O)C(C(N)=O)=C(O)[C@@]3(O)C(=O)C1=C2O. The third-order valence-electron chi connectivity index (χ3n) is 7.78. The minimum Gasteiger partial charge on any atom is -0.508 e. The molecule has 1 fully saturated rings. The Bertz CT molecular complexity index is 1290. The summed E-state index contributed by atoms with van der Waals surface area (Å²) in [5, 5.41) is 44.5. The molecule has 3 aliphatic carbocycles. The van der Waals surface area contributed by atoms with Crippen LogP contribution in [0.25, 0.3) is 5.76 Å². The summed E-state index contributed by atoms with van der Waals surface area (Å²) < 4.78 is 0. The van der Waals surface area contributed by atoms with Gasteiger partial charge in [0.15, 0.2) is 11.4 Å². The molecule has 1 aromatic rings. The van der Waals surface area contributed by atoms with Gasteiger partial charge in [0.2, 0.25) is 5.78 Å². The number of aryl methyl sites for hydroxylation is 2. The highest BCUT2D eigenvalue weighted by molar-refractivity contribution is 6.22. The molecule has 0 bridgehead atoms. The molecular weight excluding hydrogens is 480 g/mol. The Morgan fingerprint density at radius 3 is 2.41 bits per heavy atom. The van der Waals surface area contributed by atoms with Gasteiger partial charge in [0.25, 0.3) is 5.91 Å². The molecule has 3 aliphatic rings. The lowest BCUT2D eigenvalue weighted by Crippen LogP contribution is -2.58. The number of phenols is 1. The highest BCUT2D eigenvalue weighted by atomic mass is 16.3. The molecule has 1 saturated carbocycles. The van der Waals surface area contributed by atoms with Crippen LogP contribution in [-0.4, -0.2) is 74.8 Å². The van der Waals surface area contributed by atoms with E-state index < -0.39 is 52.0 Å². The summed E-state index contributed by atoms with van der Waals surface area (Å²) in [5.74, 6) is -6.47. The number of Topliss-reactive ketones (excluding diaryl/α,β-unsaturated/α-hetero) is 3. The second-order valence-corrected chi connectivity index (χ2v) is 10.4. The fraction of sp³-hybridized carbons (Fsp3) is 0.481. The molecule has 1 aromatic carbocycles. The van der Waals surface area contributed by atoms with Gasteiger partial charge >= 0.3 is 0 Å². The number of rotatable bonds is 7. The predicted molar refractivity (Wildman–Crippen MR) is 133 cm³/mol. The lowest BCUT2D eigenvalue weighted by molar-refractivity contribution is -0.147. The first-order valence-electron chi connectivity index (χ1n) is 12.3. The first-order valence-corrected chi connectivity index (χ1v) is 12.3. The quantitative estimate of drug-likeness (QED) is 0.334. The van der Waals surface area contributed by atoms with Crippen LogP contribution in [0, 0.1) is 11.8 Å². The van der Waals surface area contributed by atoms with Crippen LogP contribution in [0.4, 0.5) is 0 Å². The molecule has 0 heterocycles. The monoisotopic (exact) mass is 512 g/mol. The molecule has 198 valence electrons. The Morgan fingerprint density at radius 2 is 1.81 bits per heavy atom. The van der Waals surface area contributed by atoms with Crippen LogP contribution in [-0.2, 0) is 38.4 Å². The average molecular weight is 513 g/mol. The fourth-order valence-corrected chi connectivity index (χ4v) is 6.04. The Morgan fingerprint density at radius 1 is 1.14 bits per heavy atom. The van der Waals surface area contributed by atoms with E-state index in [9.17, 15) is 39.6 Å². The van der Waals surface area contributed by atoms with E-state index in [1.807, 2.05) is 13.0 Å². The number of phenolic OH excluding ortho intramolecular Hbond substituents is 1. The minimum atomic E-state index is -2.59. The lowest BCUT2D eigenvalue weighted by Gasteiger charge is -2.46. The maximum Gasteiger partial charge on any atom is 0.255 e. The summed E-state index contributed by atoms with van der Waals surface area (Å²) in [6, 6.07) is 1.81. The van der Waals surface area contributed by atoms with Gasteiger partial charge in [-0.3, -0.25) is 19.2 Å². The summed E-state index contributed by atoms with van der Waals surface area (Å²) in [4.78, 5) is 51.9. The van der Waals surface area contributed by atoms with E-state index in [1.165, 1.54) is 0 Å². The summed E-state index contributed by atoms with van der Waals surface area (Å²) in [5.41, 5.74) is 3.67. The maximum atomic E-state index is 13.6. The van der Waals surface area contributed by atoms with Crippen molar-refractivity contribution >= 4 is 29.0 Å². The Labute approximate surface area is 214 Å². The molecule has 3 atom stereocenters. The van der Waals surface area contributed by atoms with Crippen LogP contribution >= 0.6 is 0 Å². The van der Waals surface area contributed by atoms with E-state index in [2.05, 4.69) is 0 Å². The van der Waals surface area contributed by atoms with Gasteiger partial charge in [-0.05, 0) is 62.4 Å². The summed E-state index contributed by atoms with van der Waals surface area (Å²) in [6.07, 6.45) is 0.989. The number of fused-ring (bicyclic) bond motifs is 3.